The first-order chi connectivity index (χ1) is 7.92. The summed E-state index contributed by atoms with van der Waals surface area (Å²) in [6.45, 7) is 1.01. The average molecular weight is 230 g/mol. The summed E-state index contributed by atoms with van der Waals surface area (Å²) in [5.74, 6) is 0. The molecule has 0 aliphatic heterocycles. The van der Waals surface area contributed by atoms with Crippen molar-refractivity contribution in [1.82, 2.24) is 10.3 Å². The van der Waals surface area contributed by atoms with Crippen molar-refractivity contribution in [3.8, 4) is 10.4 Å². The van der Waals surface area contributed by atoms with E-state index in [1.54, 1.807) is 0 Å². The average Bonchev–Trinajstić information content (AvgIpc) is 3.05. The van der Waals surface area contributed by atoms with E-state index in [0.29, 0.717) is 0 Å². The standard InChI is InChI=1S/C13H14N2S/c1-2-10(8-14-7-1)13-6-5-12(16-13)9-15-11-3-4-11/h1-2,5-8,11,15H,3-4,9H2. The SMILES string of the molecule is c1cncc(-c2ccc(CNC3CC3)s2)c1. The second kappa shape index (κ2) is 4.36. The molecule has 1 aliphatic carbocycles. The minimum absolute atomic E-state index is 0.781. The maximum absolute atomic E-state index is 4.15. The van der Waals surface area contributed by atoms with E-state index in [4.69, 9.17) is 0 Å². The lowest BCUT2D eigenvalue weighted by Crippen LogP contribution is -2.14. The van der Waals surface area contributed by atoms with Crippen molar-refractivity contribution in [1.29, 1.82) is 0 Å². The Labute approximate surface area is 99.4 Å². The Balaban J connectivity index is 1.71. The van der Waals surface area contributed by atoms with Crippen molar-refractivity contribution < 1.29 is 0 Å². The fourth-order valence-corrected chi connectivity index (χ4v) is 2.62. The van der Waals surface area contributed by atoms with Crippen molar-refractivity contribution in [2.75, 3.05) is 0 Å². The van der Waals surface area contributed by atoms with E-state index in [2.05, 4.69) is 28.5 Å². The molecule has 0 spiro atoms. The molecule has 1 aliphatic rings. The highest BCUT2D eigenvalue weighted by atomic mass is 32.1. The predicted octanol–water partition coefficient (Wildman–Crippen LogP) is 3.06. The van der Waals surface area contributed by atoms with Gasteiger partial charge in [-0.15, -0.1) is 11.3 Å². The number of aromatic nitrogens is 1. The lowest BCUT2D eigenvalue weighted by Gasteiger charge is -1.98. The summed E-state index contributed by atoms with van der Waals surface area (Å²) >= 11 is 1.85. The van der Waals surface area contributed by atoms with Crippen LogP contribution in [0.1, 0.15) is 17.7 Å². The molecule has 1 N–H and O–H groups in total. The van der Waals surface area contributed by atoms with Gasteiger partial charge in [-0.3, -0.25) is 4.98 Å². The lowest BCUT2D eigenvalue weighted by atomic mass is 10.2. The quantitative estimate of drug-likeness (QED) is 0.873. The minimum Gasteiger partial charge on any atom is -0.309 e. The largest absolute Gasteiger partial charge is 0.309 e. The zero-order valence-corrected chi connectivity index (χ0v) is 9.83. The number of nitrogens with zero attached hydrogens (tertiary/aromatic N) is 1. The van der Waals surface area contributed by atoms with Crippen LogP contribution in [0.5, 0.6) is 0 Å². The molecule has 2 nitrogen and oxygen atoms in total. The molecule has 0 aromatic carbocycles. The van der Waals surface area contributed by atoms with Crippen LogP contribution >= 0.6 is 11.3 Å². The zero-order chi connectivity index (χ0) is 10.8. The molecule has 2 aromatic rings. The molecular weight excluding hydrogens is 216 g/mol. The third kappa shape index (κ3) is 2.31. The van der Waals surface area contributed by atoms with Gasteiger partial charge in [0.25, 0.3) is 0 Å². The van der Waals surface area contributed by atoms with Crippen LogP contribution in [0, 0.1) is 0 Å². The smallest absolute Gasteiger partial charge is 0.0361 e. The maximum atomic E-state index is 4.15. The van der Waals surface area contributed by atoms with Crippen molar-refractivity contribution >= 4 is 11.3 Å². The van der Waals surface area contributed by atoms with Crippen molar-refractivity contribution in [2.24, 2.45) is 0 Å². The van der Waals surface area contributed by atoms with Gasteiger partial charge in [0.15, 0.2) is 0 Å². The maximum Gasteiger partial charge on any atom is 0.0361 e. The van der Waals surface area contributed by atoms with Crippen LogP contribution in [0.15, 0.2) is 36.7 Å². The summed E-state index contributed by atoms with van der Waals surface area (Å²) in [6.07, 6.45) is 6.43. The van der Waals surface area contributed by atoms with Gasteiger partial charge in [-0.1, -0.05) is 6.07 Å². The first kappa shape index (κ1) is 10.00. The molecule has 2 aromatic heterocycles. The second-order valence-corrected chi connectivity index (χ2v) is 5.33. The Morgan fingerprint density at radius 2 is 2.25 bits per heavy atom. The molecule has 3 heteroatoms. The third-order valence-electron chi connectivity index (χ3n) is 2.75. The van der Waals surface area contributed by atoms with Crippen molar-refractivity contribution in [2.45, 2.75) is 25.4 Å². The fourth-order valence-electron chi connectivity index (χ4n) is 1.67. The van der Waals surface area contributed by atoms with E-state index in [-0.39, 0.29) is 0 Å². The molecule has 2 heterocycles. The van der Waals surface area contributed by atoms with Crippen LogP contribution < -0.4 is 5.32 Å². The van der Waals surface area contributed by atoms with E-state index in [1.165, 1.54) is 28.2 Å². The summed E-state index contributed by atoms with van der Waals surface area (Å²) in [5.41, 5.74) is 1.21. The number of pyridine rings is 1. The van der Waals surface area contributed by atoms with Crippen LogP contribution in [-0.4, -0.2) is 11.0 Å². The molecule has 1 fully saturated rings. The Kier molecular flexibility index (Phi) is 2.72. The summed E-state index contributed by atoms with van der Waals surface area (Å²) in [6, 6.07) is 9.27. The van der Waals surface area contributed by atoms with Gasteiger partial charge in [0, 0.05) is 40.3 Å². The van der Waals surface area contributed by atoms with E-state index in [0.717, 1.165) is 12.6 Å². The topological polar surface area (TPSA) is 24.9 Å². The highest BCUT2D eigenvalue weighted by Crippen LogP contribution is 2.28. The third-order valence-corrected chi connectivity index (χ3v) is 3.88. The van der Waals surface area contributed by atoms with Gasteiger partial charge in [0.2, 0.25) is 0 Å². The van der Waals surface area contributed by atoms with Gasteiger partial charge in [-0.2, -0.15) is 0 Å². The number of nitrogens with one attached hydrogen (secondary N) is 1. The van der Waals surface area contributed by atoms with Gasteiger partial charge in [-0.25, -0.2) is 0 Å². The molecule has 0 amide bonds. The molecule has 1 saturated carbocycles. The molecule has 0 radical (unpaired) electrons. The van der Waals surface area contributed by atoms with Crippen LogP contribution in [0.25, 0.3) is 10.4 Å². The number of rotatable bonds is 4. The number of hydrogen-bond acceptors (Lipinski definition) is 3. The first-order valence-corrected chi connectivity index (χ1v) is 6.46. The van der Waals surface area contributed by atoms with E-state index in [9.17, 15) is 0 Å². The Bertz CT molecular complexity index is 460. The molecule has 3 rings (SSSR count). The van der Waals surface area contributed by atoms with Gasteiger partial charge < -0.3 is 5.32 Å². The summed E-state index contributed by atoms with van der Waals surface area (Å²) in [4.78, 5) is 6.86. The first-order valence-electron chi connectivity index (χ1n) is 5.64. The second-order valence-electron chi connectivity index (χ2n) is 4.16. The number of hydrogen-bond donors (Lipinski definition) is 1. The Morgan fingerprint density at radius 3 is 3.00 bits per heavy atom. The van der Waals surface area contributed by atoms with Crippen LogP contribution in [-0.2, 0) is 6.54 Å². The Hall–Kier alpha value is -1.19. The summed E-state index contributed by atoms with van der Waals surface area (Å²) in [7, 11) is 0. The van der Waals surface area contributed by atoms with E-state index in [1.807, 2.05) is 29.8 Å². The molecule has 16 heavy (non-hydrogen) atoms. The molecule has 0 atom stereocenters. The fraction of sp³-hybridized carbons (Fsp3) is 0.308. The van der Waals surface area contributed by atoms with Gasteiger partial charge in [0.05, 0.1) is 0 Å². The minimum atomic E-state index is 0.781. The highest BCUT2D eigenvalue weighted by molar-refractivity contribution is 7.15. The lowest BCUT2D eigenvalue weighted by molar-refractivity contribution is 0.695. The molecule has 82 valence electrons. The zero-order valence-electron chi connectivity index (χ0n) is 9.02. The predicted molar refractivity (Wildman–Crippen MR) is 67.4 cm³/mol. The Morgan fingerprint density at radius 1 is 1.31 bits per heavy atom. The van der Waals surface area contributed by atoms with Crippen molar-refractivity contribution in [3.05, 3.63) is 41.5 Å². The highest BCUT2D eigenvalue weighted by Gasteiger charge is 2.20. The molecule has 0 bridgehead atoms. The van der Waals surface area contributed by atoms with Crippen LogP contribution in [0.4, 0.5) is 0 Å². The molecular formula is C13H14N2S. The normalized spacial score (nSPS) is 15.2. The van der Waals surface area contributed by atoms with Crippen molar-refractivity contribution in [3.63, 3.8) is 0 Å². The van der Waals surface area contributed by atoms with E-state index < -0.39 is 0 Å². The summed E-state index contributed by atoms with van der Waals surface area (Å²) < 4.78 is 0. The number of thiophene rings is 1. The van der Waals surface area contributed by atoms with Crippen LogP contribution in [0.3, 0.4) is 0 Å². The van der Waals surface area contributed by atoms with Gasteiger partial charge in [-0.05, 0) is 31.0 Å². The van der Waals surface area contributed by atoms with Crippen LogP contribution in [0.2, 0.25) is 0 Å². The monoisotopic (exact) mass is 230 g/mol. The van der Waals surface area contributed by atoms with Gasteiger partial charge in [0.1, 0.15) is 0 Å². The summed E-state index contributed by atoms with van der Waals surface area (Å²) in [5, 5.41) is 3.53. The van der Waals surface area contributed by atoms with E-state index >= 15 is 0 Å². The molecule has 0 unspecified atom stereocenters. The van der Waals surface area contributed by atoms with Gasteiger partial charge >= 0.3 is 0 Å². The molecule has 0 saturated heterocycles.